The molecule has 2 rings (SSSR count). The van der Waals surface area contributed by atoms with Gasteiger partial charge in [-0.2, -0.15) is 5.10 Å². The van der Waals surface area contributed by atoms with Gasteiger partial charge in [0.05, 0.1) is 10.7 Å². The Bertz CT molecular complexity index is 510. The first-order chi connectivity index (χ1) is 7.18. The molecule has 76 valence electrons. The topological polar surface area (TPSA) is 68.0 Å². The minimum Gasteiger partial charge on any atom is -0.478 e. The lowest BCUT2D eigenvalue weighted by Gasteiger charge is -2.03. The number of nitrogens with zero attached hydrogens (tertiary/aromatic N) is 3. The Morgan fingerprint density at radius 3 is 2.93 bits per heavy atom. The molecule has 0 fully saturated rings. The number of aromatic nitrogens is 3. The molecule has 0 aliphatic rings. The zero-order valence-corrected chi connectivity index (χ0v) is 9.05. The molecule has 0 spiro atoms. The van der Waals surface area contributed by atoms with Gasteiger partial charge in [-0.1, -0.05) is 0 Å². The second kappa shape index (κ2) is 3.82. The lowest BCUT2D eigenvalue weighted by Crippen LogP contribution is -2.07. The first-order valence-corrected chi connectivity index (χ1v) is 4.86. The summed E-state index contributed by atoms with van der Waals surface area (Å²) in [4.78, 5) is 14.9. The van der Waals surface area contributed by atoms with Crippen molar-refractivity contribution >= 4 is 21.9 Å². The average Bonchev–Trinajstić information content (AvgIpc) is 2.65. The average molecular weight is 268 g/mol. The number of pyridine rings is 1. The second-order valence-corrected chi connectivity index (χ2v) is 3.70. The molecule has 6 heteroatoms. The second-order valence-electron chi connectivity index (χ2n) is 2.78. The fraction of sp³-hybridized carbons (Fsp3) is 0. The smallest absolute Gasteiger partial charge is 0.339 e. The molecule has 0 radical (unpaired) electrons. The van der Waals surface area contributed by atoms with E-state index in [0.717, 1.165) is 4.47 Å². The Hall–Kier alpha value is -1.69. The van der Waals surface area contributed by atoms with Gasteiger partial charge in [0.15, 0.2) is 5.82 Å². The van der Waals surface area contributed by atoms with Gasteiger partial charge in [-0.05, 0) is 28.1 Å². The Labute approximate surface area is 93.5 Å². The number of carboxylic acid groups (broad SMARTS) is 1. The molecule has 0 amide bonds. The molecule has 0 aliphatic heterocycles. The number of hydrogen-bond acceptors (Lipinski definition) is 3. The van der Waals surface area contributed by atoms with Crippen LogP contribution < -0.4 is 0 Å². The molecule has 0 atom stereocenters. The molecule has 0 unspecified atom stereocenters. The lowest BCUT2D eigenvalue weighted by molar-refractivity contribution is 0.0696. The van der Waals surface area contributed by atoms with Crippen LogP contribution in [0.5, 0.6) is 0 Å². The molecule has 2 heterocycles. The normalized spacial score (nSPS) is 10.2. The minimum atomic E-state index is -1.02. The summed E-state index contributed by atoms with van der Waals surface area (Å²) >= 11 is 3.23. The summed E-state index contributed by atoms with van der Waals surface area (Å²) in [5.41, 5.74) is 0.119. The van der Waals surface area contributed by atoms with Crippen LogP contribution in [0.2, 0.25) is 0 Å². The van der Waals surface area contributed by atoms with Gasteiger partial charge >= 0.3 is 5.97 Å². The van der Waals surface area contributed by atoms with Gasteiger partial charge in [0.25, 0.3) is 0 Å². The van der Waals surface area contributed by atoms with Crippen molar-refractivity contribution in [2.24, 2.45) is 0 Å². The van der Waals surface area contributed by atoms with E-state index in [1.807, 2.05) is 0 Å². The predicted molar refractivity (Wildman–Crippen MR) is 56.0 cm³/mol. The number of rotatable bonds is 2. The van der Waals surface area contributed by atoms with Crippen LogP contribution in [-0.2, 0) is 0 Å². The lowest BCUT2D eigenvalue weighted by atomic mass is 10.2. The van der Waals surface area contributed by atoms with E-state index in [1.165, 1.54) is 16.9 Å². The highest BCUT2D eigenvalue weighted by Gasteiger charge is 2.12. The summed E-state index contributed by atoms with van der Waals surface area (Å²) in [6, 6.07) is 3.06. The first-order valence-electron chi connectivity index (χ1n) is 4.07. The maximum Gasteiger partial charge on any atom is 0.339 e. The van der Waals surface area contributed by atoms with Gasteiger partial charge in [0.1, 0.15) is 5.56 Å². The van der Waals surface area contributed by atoms with E-state index in [4.69, 9.17) is 5.11 Å². The number of carbonyl (C=O) groups is 1. The maximum absolute atomic E-state index is 10.9. The van der Waals surface area contributed by atoms with Crippen LogP contribution in [0.3, 0.4) is 0 Å². The first kappa shape index (κ1) is 9.85. The van der Waals surface area contributed by atoms with Crippen molar-refractivity contribution in [3.05, 3.63) is 40.8 Å². The summed E-state index contributed by atoms with van der Waals surface area (Å²) in [7, 11) is 0. The van der Waals surface area contributed by atoms with Crippen molar-refractivity contribution in [1.82, 2.24) is 14.8 Å². The van der Waals surface area contributed by atoms with Gasteiger partial charge in [-0.25, -0.2) is 14.5 Å². The van der Waals surface area contributed by atoms with Crippen molar-refractivity contribution in [1.29, 1.82) is 0 Å². The number of hydrogen-bond donors (Lipinski definition) is 1. The van der Waals surface area contributed by atoms with E-state index in [2.05, 4.69) is 26.0 Å². The zero-order valence-electron chi connectivity index (χ0n) is 7.46. The van der Waals surface area contributed by atoms with Crippen LogP contribution in [-0.4, -0.2) is 25.8 Å². The highest BCUT2D eigenvalue weighted by Crippen LogP contribution is 2.14. The third-order valence-corrected chi connectivity index (χ3v) is 2.19. The van der Waals surface area contributed by atoms with E-state index >= 15 is 0 Å². The van der Waals surface area contributed by atoms with Crippen molar-refractivity contribution in [3.63, 3.8) is 0 Å². The van der Waals surface area contributed by atoms with Crippen LogP contribution >= 0.6 is 15.9 Å². The van der Waals surface area contributed by atoms with E-state index < -0.39 is 5.97 Å². The number of halogens is 1. The molecular formula is C9H6BrN3O2. The highest BCUT2D eigenvalue weighted by atomic mass is 79.9. The molecular weight excluding hydrogens is 262 g/mol. The molecule has 2 aromatic heterocycles. The van der Waals surface area contributed by atoms with Gasteiger partial charge in [0, 0.05) is 12.4 Å². The summed E-state index contributed by atoms with van der Waals surface area (Å²) in [5.74, 6) is -0.722. The fourth-order valence-electron chi connectivity index (χ4n) is 1.16. The zero-order chi connectivity index (χ0) is 10.8. The Morgan fingerprint density at radius 2 is 2.33 bits per heavy atom. The van der Waals surface area contributed by atoms with Crippen molar-refractivity contribution in [3.8, 4) is 5.82 Å². The summed E-state index contributed by atoms with van der Waals surface area (Å²) in [6.07, 6.45) is 4.74. The van der Waals surface area contributed by atoms with Gasteiger partial charge in [-0.15, -0.1) is 0 Å². The van der Waals surface area contributed by atoms with Crippen LogP contribution in [0.25, 0.3) is 5.82 Å². The number of carboxylic acids is 1. The monoisotopic (exact) mass is 267 g/mol. The Balaban J connectivity index is 2.57. The van der Waals surface area contributed by atoms with Crippen molar-refractivity contribution in [2.45, 2.75) is 0 Å². The van der Waals surface area contributed by atoms with Crippen LogP contribution in [0.15, 0.2) is 35.2 Å². The predicted octanol–water partition coefficient (Wildman–Crippen LogP) is 1.73. The van der Waals surface area contributed by atoms with Crippen LogP contribution in [0.1, 0.15) is 10.4 Å². The Kier molecular flexibility index (Phi) is 2.51. The molecule has 0 aliphatic carbocycles. The third-order valence-electron chi connectivity index (χ3n) is 1.79. The molecule has 5 nitrogen and oxygen atoms in total. The molecule has 0 saturated heterocycles. The van der Waals surface area contributed by atoms with Crippen LogP contribution in [0.4, 0.5) is 0 Å². The molecule has 15 heavy (non-hydrogen) atoms. The minimum absolute atomic E-state index is 0.119. The van der Waals surface area contributed by atoms with Crippen molar-refractivity contribution in [2.75, 3.05) is 0 Å². The SMILES string of the molecule is O=C(O)c1cccnc1-n1cc(Br)cn1. The quantitative estimate of drug-likeness (QED) is 0.900. The summed E-state index contributed by atoms with van der Waals surface area (Å²) in [5, 5.41) is 12.9. The van der Waals surface area contributed by atoms with Gasteiger partial charge in [-0.3, -0.25) is 0 Å². The largest absolute Gasteiger partial charge is 0.478 e. The van der Waals surface area contributed by atoms with Crippen LogP contribution in [0, 0.1) is 0 Å². The molecule has 1 N–H and O–H groups in total. The maximum atomic E-state index is 10.9. The Morgan fingerprint density at radius 1 is 1.53 bits per heavy atom. The molecule has 0 bridgehead atoms. The molecule has 2 aromatic rings. The summed E-state index contributed by atoms with van der Waals surface area (Å²) < 4.78 is 2.18. The van der Waals surface area contributed by atoms with Crippen molar-refractivity contribution < 1.29 is 9.90 Å². The van der Waals surface area contributed by atoms with E-state index in [9.17, 15) is 4.79 Å². The van der Waals surface area contributed by atoms with Gasteiger partial charge < -0.3 is 5.11 Å². The highest BCUT2D eigenvalue weighted by molar-refractivity contribution is 9.10. The fourth-order valence-corrected chi connectivity index (χ4v) is 1.45. The molecule has 0 saturated carbocycles. The number of aromatic carboxylic acids is 1. The van der Waals surface area contributed by atoms with E-state index in [0.29, 0.717) is 5.82 Å². The van der Waals surface area contributed by atoms with E-state index in [-0.39, 0.29) is 5.56 Å². The summed E-state index contributed by atoms with van der Waals surface area (Å²) in [6.45, 7) is 0. The third kappa shape index (κ3) is 1.89. The standard InChI is InChI=1S/C9H6BrN3O2/c10-6-4-12-13(5-6)8-7(9(14)15)2-1-3-11-8/h1-5H,(H,14,15). The van der Waals surface area contributed by atoms with E-state index in [1.54, 1.807) is 18.5 Å². The van der Waals surface area contributed by atoms with Gasteiger partial charge in [0.2, 0.25) is 0 Å². The molecule has 0 aromatic carbocycles.